The first-order chi connectivity index (χ1) is 9.82. The second kappa shape index (κ2) is 7.22. The van der Waals surface area contributed by atoms with Gasteiger partial charge in [-0.15, -0.1) is 0 Å². The molecular formula is C13H16N2O6. The molecule has 21 heavy (non-hydrogen) atoms. The number of carboxylic acid groups (broad SMARTS) is 1. The maximum Gasteiger partial charge on any atom is 0.335 e. The molecule has 0 heterocycles. The largest absolute Gasteiger partial charge is 0.487 e. The molecule has 0 bridgehead atoms. The summed E-state index contributed by atoms with van der Waals surface area (Å²) in [7, 11) is 3.26. The highest BCUT2D eigenvalue weighted by Crippen LogP contribution is 2.28. The number of carboxylic acids is 1. The molecule has 1 rings (SSSR count). The summed E-state index contributed by atoms with van der Waals surface area (Å²) >= 11 is 0. The zero-order chi connectivity index (χ0) is 16.0. The SMILES string of the molecule is CN(C)C(=O)CCCOc1cc(C(=O)O)ccc1[N+](=O)[O-]. The monoisotopic (exact) mass is 296 g/mol. The molecule has 8 nitrogen and oxygen atoms in total. The van der Waals surface area contributed by atoms with Gasteiger partial charge < -0.3 is 14.7 Å². The number of hydrogen-bond acceptors (Lipinski definition) is 5. The van der Waals surface area contributed by atoms with E-state index in [1.807, 2.05) is 0 Å². The van der Waals surface area contributed by atoms with Gasteiger partial charge in [0.15, 0.2) is 5.75 Å². The fourth-order valence-electron chi connectivity index (χ4n) is 1.54. The second-order valence-corrected chi connectivity index (χ2v) is 4.48. The normalized spacial score (nSPS) is 10.0. The molecule has 0 spiro atoms. The van der Waals surface area contributed by atoms with Crippen LogP contribution in [0, 0.1) is 10.1 Å². The quantitative estimate of drug-likeness (QED) is 0.464. The first kappa shape index (κ1) is 16.4. The first-order valence-corrected chi connectivity index (χ1v) is 6.17. The van der Waals surface area contributed by atoms with Crippen LogP contribution < -0.4 is 4.74 Å². The molecule has 0 atom stereocenters. The van der Waals surface area contributed by atoms with E-state index >= 15 is 0 Å². The van der Waals surface area contributed by atoms with Gasteiger partial charge in [0.2, 0.25) is 5.91 Å². The van der Waals surface area contributed by atoms with E-state index in [1.165, 1.54) is 4.90 Å². The third kappa shape index (κ3) is 4.75. The number of carbonyl (C=O) groups is 2. The van der Waals surface area contributed by atoms with Crippen molar-refractivity contribution in [2.24, 2.45) is 0 Å². The third-order valence-corrected chi connectivity index (χ3v) is 2.69. The van der Waals surface area contributed by atoms with Gasteiger partial charge in [-0.3, -0.25) is 14.9 Å². The maximum atomic E-state index is 11.4. The molecule has 114 valence electrons. The highest BCUT2D eigenvalue weighted by molar-refractivity contribution is 5.88. The Morgan fingerprint density at radius 2 is 2.05 bits per heavy atom. The number of aromatic carboxylic acids is 1. The summed E-state index contributed by atoms with van der Waals surface area (Å²) in [5.74, 6) is -1.39. The predicted octanol–water partition coefficient (Wildman–Crippen LogP) is 1.54. The number of nitrogens with zero attached hydrogens (tertiary/aromatic N) is 2. The molecule has 0 saturated heterocycles. The van der Waals surface area contributed by atoms with Crippen molar-refractivity contribution in [2.75, 3.05) is 20.7 Å². The first-order valence-electron chi connectivity index (χ1n) is 6.17. The van der Waals surface area contributed by atoms with Crippen LogP contribution in [0.2, 0.25) is 0 Å². The van der Waals surface area contributed by atoms with Gasteiger partial charge in [0, 0.05) is 32.6 Å². The Morgan fingerprint density at radius 1 is 1.38 bits per heavy atom. The number of amides is 1. The summed E-state index contributed by atoms with van der Waals surface area (Å²) in [5.41, 5.74) is -0.404. The van der Waals surface area contributed by atoms with Gasteiger partial charge in [-0.1, -0.05) is 0 Å². The van der Waals surface area contributed by atoms with E-state index in [0.717, 1.165) is 18.2 Å². The van der Waals surface area contributed by atoms with Crippen molar-refractivity contribution in [3.8, 4) is 5.75 Å². The topological polar surface area (TPSA) is 110 Å². The van der Waals surface area contributed by atoms with Gasteiger partial charge in [0.1, 0.15) is 0 Å². The minimum absolute atomic E-state index is 0.0765. The lowest BCUT2D eigenvalue weighted by Gasteiger charge is -2.10. The number of ether oxygens (including phenoxy) is 1. The molecule has 0 aromatic heterocycles. The van der Waals surface area contributed by atoms with E-state index in [2.05, 4.69) is 0 Å². The van der Waals surface area contributed by atoms with Crippen LogP contribution in [-0.2, 0) is 4.79 Å². The number of rotatable bonds is 7. The average Bonchev–Trinajstić information content (AvgIpc) is 2.42. The van der Waals surface area contributed by atoms with Crippen LogP contribution in [0.4, 0.5) is 5.69 Å². The Labute approximate surface area is 121 Å². The molecule has 0 aliphatic heterocycles. The van der Waals surface area contributed by atoms with Crippen molar-refractivity contribution in [1.82, 2.24) is 4.90 Å². The van der Waals surface area contributed by atoms with Crippen molar-refractivity contribution in [1.29, 1.82) is 0 Å². The zero-order valence-electron chi connectivity index (χ0n) is 11.7. The lowest BCUT2D eigenvalue weighted by molar-refractivity contribution is -0.385. The third-order valence-electron chi connectivity index (χ3n) is 2.69. The van der Waals surface area contributed by atoms with Crippen molar-refractivity contribution >= 4 is 17.6 Å². The molecule has 0 aliphatic rings. The lowest BCUT2D eigenvalue weighted by Crippen LogP contribution is -2.21. The molecule has 1 amide bonds. The van der Waals surface area contributed by atoms with Gasteiger partial charge in [0.25, 0.3) is 0 Å². The lowest BCUT2D eigenvalue weighted by atomic mass is 10.2. The van der Waals surface area contributed by atoms with Crippen LogP contribution >= 0.6 is 0 Å². The van der Waals surface area contributed by atoms with Crippen LogP contribution in [0.15, 0.2) is 18.2 Å². The zero-order valence-corrected chi connectivity index (χ0v) is 11.7. The molecule has 0 radical (unpaired) electrons. The Morgan fingerprint density at radius 3 is 2.57 bits per heavy atom. The van der Waals surface area contributed by atoms with Crippen LogP contribution in [0.5, 0.6) is 5.75 Å². The van der Waals surface area contributed by atoms with Crippen LogP contribution in [-0.4, -0.2) is 47.5 Å². The number of carbonyl (C=O) groups excluding carboxylic acids is 1. The average molecular weight is 296 g/mol. The number of nitro groups is 1. The number of benzene rings is 1. The minimum atomic E-state index is -1.20. The smallest absolute Gasteiger partial charge is 0.335 e. The fraction of sp³-hybridized carbons (Fsp3) is 0.385. The van der Waals surface area contributed by atoms with Gasteiger partial charge in [-0.2, -0.15) is 0 Å². The summed E-state index contributed by atoms with van der Waals surface area (Å²) in [6, 6.07) is 3.33. The van der Waals surface area contributed by atoms with Gasteiger partial charge >= 0.3 is 11.7 Å². The molecule has 0 unspecified atom stereocenters. The second-order valence-electron chi connectivity index (χ2n) is 4.48. The van der Waals surface area contributed by atoms with E-state index in [4.69, 9.17) is 9.84 Å². The van der Waals surface area contributed by atoms with E-state index in [0.29, 0.717) is 6.42 Å². The molecule has 8 heteroatoms. The Hall–Kier alpha value is -2.64. The van der Waals surface area contributed by atoms with E-state index in [9.17, 15) is 19.7 Å². The summed E-state index contributed by atoms with van der Waals surface area (Å²) in [6.07, 6.45) is 0.630. The van der Waals surface area contributed by atoms with Gasteiger partial charge in [-0.25, -0.2) is 4.79 Å². The standard InChI is InChI=1S/C13H16N2O6/c1-14(2)12(16)4-3-7-21-11-8-9(13(17)18)5-6-10(11)15(19)20/h5-6,8H,3-4,7H2,1-2H3,(H,17,18). The number of hydrogen-bond donors (Lipinski definition) is 1. The minimum Gasteiger partial charge on any atom is -0.487 e. The highest BCUT2D eigenvalue weighted by atomic mass is 16.6. The fourth-order valence-corrected chi connectivity index (χ4v) is 1.54. The summed E-state index contributed by atoms with van der Waals surface area (Å²) in [5, 5.41) is 19.7. The van der Waals surface area contributed by atoms with E-state index < -0.39 is 10.9 Å². The van der Waals surface area contributed by atoms with Crippen molar-refractivity contribution in [3.05, 3.63) is 33.9 Å². The summed E-state index contributed by atoms with van der Waals surface area (Å²) < 4.78 is 5.24. The van der Waals surface area contributed by atoms with Crippen molar-refractivity contribution < 1.29 is 24.4 Å². The van der Waals surface area contributed by atoms with Gasteiger partial charge in [-0.05, 0) is 12.5 Å². The molecular weight excluding hydrogens is 280 g/mol. The number of nitro benzene ring substituents is 1. The van der Waals surface area contributed by atoms with Crippen molar-refractivity contribution in [3.63, 3.8) is 0 Å². The van der Waals surface area contributed by atoms with Crippen LogP contribution in [0.1, 0.15) is 23.2 Å². The van der Waals surface area contributed by atoms with Crippen molar-refractivity contribution in [2.45, 2.75) is 12.8 Å². The molecule has 1 aromatic carbocycles. The molecule has 1 N–H and O–H groups in total. The molecule has 0 saturated carbocycles. The Kier molecular flexibility index (Phi) is 5.65. The maximum absolute atomic E-state index is 11.4. The highest BCUT2D eigenvalue weighted by Gasteiger charge is 2.18. The van der Waals surface area contributed by atoms with E-state index in [1.54, 1.807) is 14.1 Å². The molecule has 0 fully saturated rings. The Balaban J connectivity index is 2.72. The van der Waals surface area contributed by atoms with Gasteiger partial charge in [0.05, 0.1) is 17.1 Å². The summed E-state index contributed by atoms with van der Waals surface area (Å²) in [6.45, 7) is 0.0868. The van der Waals surface area contributed by atoms with Crippen LogP contribution in [0.3, 0.4) is 0 Å². The molecule has 1 aromatic rings. The Bertz CT molecular complexity index is 556. The predicted molar refractivity (Wildman–Crippen MR) is 73.5 cm³/mol. The van der Waals surface area contributed by atoms with Crippen LogP contribution in [0.25, 0.3) is 0 Å². The summed E-state index contributed by atoms with van der Waals surface area (Å²) in [4.78, 5) is 33.9. The van der Waals surface area contributed by atoms with E-state index in [-0.39, 0.29) is 35.9 Å². The molecule has 0 aliphatic carbocycles.